The number of Topliss-reactive ketones (excluding diaryl/α,β-unsaturated/α-hetero) is 1. The minimum Gasteiger partial charge on any atom is -0.479 e. The van der Waals surface area contributed by atoms with Crippen molar-refractivity contribution in [3.8, 4) is 11.5 Å². The van der Waals surface area contributed by atoms with Gasteiger partial charge >= 0.3 is 5.97 Å². The first-order valence-electron chi connectivity index (χ1n) is 12.5. The molecule has 1 amide bonds. The van der Waals surface area contributed by atoms with Crippen LogP contribution in [-0.4, -0.2) is 53.7 Å². The lowest BCUT2D eigenvalue weighted by atomic mass is 9.71. The van der Waals surface area contributed by atoms with Crippen LogP contribution in [0, 0.1) is 18.7 Å². The maximum Gasteiger partial charge on any atom is 0.330 e. The number of hydrogen-bond acceptors (Lipinski definition) is 6. The summed E-state index contributed by atoms with van der Waals surface area (Å²) in [5, 5.41) is 10.7. The smallest absolute Gasteiger partial charge is 0.330 e. The second kappa shape index (κ2) is 10.1. The maximum atomic E-state index is 14.4. The summed E-state index contributed by atoms with van der Waals surface area (Å²) in [5.74, 6) is -3.88. The molecule has 0 saturated carbocycles. The Morgan fingerprint density at radius 3 is 2.38 bits per heavy atom. The molecule has 9 heteroatoms. The number of halogens is 1. The van der Waals surface area contributed by atoms with Crippen molar-refractivity contribution in [1.29, 1.82) is 0 Å². The highest BCUT2D eigenvalue weighted by molar-refractivity contribution is 6.02. The number of methoxy groups -OCH3 is 1. The molecular formula is C30H28FNO7. The molecule has 4 unspecified atom stereocenters. The Morgan fingerprint density at radius 1 is 1.03 bits per heavy atom. The lowest BCUT2D eigenvalue weighted by molar-refractivity contribution is -0.159. The summed E-state index contributed by atoms with van der Waals surface area (Å²) in [6.07, 6.45) is 0. The maximum absolute atomic E-state index is 14.4. The van der Waals surface area contributed by atoms with Gasteiger partial charge in [0.2, 0.25) is 12.7 Å². The molecule has 4 atom stereocenters. The van der Waals surface area contributed by atoms with Crippen molar-refractivity contribution in [2.75, 3.05) is 20.5 Å². The van der Waals surface area contributed by atoms with E-state index in [2.05, 4.69) is 0 Å². The van der Waals surface area contributed by atoms with Gasteiger partial charge in [-0.05, 0) is 55.3 Å². The van der Waals surface area contributed by atoms with E-state index in [4.69, 9.17) is 14.2 Å². The van der Waals surface area contributed by atoms with Crippen molar-refractivity contribution < 1.29 is 38.1 Å². The number of benzene rings is 3. The van der Waals surface area contributed by atoms with Crippen LogP contribution in [0.2, 0.25) is 0 Å². The Bertz CT molecular complexity index is 1440. The predicted molar refractivity (Wildman–Crippen MR) is 138 cm³/mol. The third-order valence-electron chi connectivity index (χ3n) is 7.63. The van der Waals surface area contributed by atoms with Gasteiger partial charge in [0.1, 0.15) is 18.0 Å². The van der Waals surface area contributed by atoms with E-state index in [1.165, 1.54) is 43.2 Å². The number of likely N-dealkylation sites (tertiary alicyclic amines) is 1. The summed E-state index contributed by atoms with van der Waals surface area (Å²) >= 11 is 0. The van der Waals surface area contributed by atoms with Gasteiger partial charge in [0.05, 0.1) is 12.0 Å². The highest BCUT2D eigenvalue weighted by atomic mass is 19.1. The van der Waals surface area contributed by atoms with E-state index in [1.807, 2.05) is 13.0 Å². The molecule has 1 fully saturated rings. The van der Waals surface area contributed by atoms with Gasteiger partial charge in [0.25, 0.3) is 0 Å². The molecule has 3 aromatic carbocycles. The molecule has 5 rings (SSSR count). The second-order valence-corrected chi connectivity index (χ2v) is 10.00. The molecule has 202 valence electrons. The number of carboxylic acid groups (broad SMARTS) is 1. The zero-order chi connectivity index (χ0) is 27.9. The molecule has 1 N–H and O–H groups in total. The molecule has 0 radical (unpaired) electrons. The summed E-state index contributed by atoms with van der Waals surface area (Å²) in [5.41, 5.74) is 0.271. The number of fused-ring (bicyclic) bond motifs is 1. The van der Waals surface area contributed by atoms with Gasteiger partial charge in [0.15, 0.2) is 17.3 Å². The monoisotopic (exact) mass is 533 g/mol. The molecule has 3 aromatic rings. The van der Waals surface area contributed by atoms with E-state index in [-0.39, 0.29) is 12.6 Å². The number of aryl methyl sites for hydroxylation is 1. The Labute approximate surface area is 224 Å². The Hall–Kier alpha value is -4.24. The van der Waals surface area contributed by atoms with Crippen molar-refractivity contribution in [1.82, 2.24) is 4.90 Å². The number of rotatable bonds is 7. The molecule has 0 aliphatic carbocycles. The molecular weight excluding hydrogens is 505 g/mol. The first-order chi connectivity index (χ1) is 18.7. The van der Waals surface area contributed by atoms with Gasteiger partial charge in [-0.1, -0.05) is 42.0 Å². The van der Waals surface area contributed by atoms with E-state index < -0.39 is 47.7 Å². The van der Waals surface area contributed by atoms with Crippen LogP contribution in [0.25, 0.3) is 0 Å². The molecule has 0 bridgehead atoms. The van der Waals surface area contributed by atoms with Gasteiger partial charge in [-0.2, -0.15) is 0 Å². The zero-order valence-electron chi connectivity index (χ0n) is 21.7. The highest BCUT2D eigenvalue weighted by Gasteiger charge is 2.64. The number of hydrogen-bond donors (Lipinski definition) is 1. The lowest BCUT2D eigenvalue weighted by Crippen LogP contribution is -2.55. The van der Waals surface area contributed by atoms with E-state index >= 15 is 0 Å². The highest BCUT2D eigenvalue weighted by Crippen LogP contribution is 2.57. The SMILES string of the molecule is COCC(=O)N1C(c2ccc3c(c2)OCO3)C(C(=O)c2cccc(C)c2)C(c2ccc(F)cc2)C1(C)C(=O)O. The number of ether oxygens (including phenoxy) is 3. The summed E-state index contributed by atoms with van der Waals surface area (Å²) < 4.78 is 30.1. The van der Waals surface area contributed by atoms with Crippen molar-refractivity contribution in [3.63, 3.8) is 0 Å². The minimum absolute atomic E-state index is 0.0203. The molecule has 0 aromatic heterocycles. The minimum atomic E-state index is -1.89. The Morgan fingerprint density at radius 2 is 1.72 bits per heavy atom. The van der Waals surface area contributed by atoms with Gasteiger partial charge in [-0.15, -0.1) is 0 Å². The average Bonchev–Trinajstić information content (AvgIpc) is 3.49. The van der Waals surface area contributed by atoms with E-state index in [0.717, 1.165) is 5.56 Å². The van der Waals surface area contributed by atoms with E-state index in [9.17, 15) is 23.9 Å². The van der Waals surface area contributed by atoms with Crippen molar-refractivity contribution >= 4 is 17.7 Å². The average molecular weight is 534 g/mol. The first kappa shape index (κ1) is 26.4. The number of carbonyl (C=O) groups is 3. The van der Waals surface area contributed by atoms with E-state index in [0.29, 0.717) is 28.2 Å². The number of ketones is 1. The summed E-state index contributed by atoms with van der Waals surface area (Å²) in [7, 11) is 1.34. The Balaban J connectivity index is 1.80. The van der Waals surface area contributed by atoms with Crippen molar-refractivity contribution in [2.24, 2.45) is 5.92 Å². The van der Waals surface area contributed by atoms with Gasteiger partial charge in [-0.25, -0.2) is 9.18 Å². The normalized spacial score (nSPS) is 23.6. The largest absolute Gasteiger partial charge is 0.479 e. The standard InChI is InChI=1S/C30H28FNO7/c1-17-5-4-6-20(13-17)28(34)25-26(18-7-10-21(31)11-8-18)30(2,29(35)36)32(24(33)15-37-3)27(25)19-9-12-22-23(14-19)39-16-38-22/h4-14,25-27H,15-16H2,1-3H3,(H,35,36). The molecule has 8 nitrogen and oxygen atoms in total. The van der Waals surface area contributed by atoms with Crippen LogP contribution in [0.1, 0.15) is 45.9 Å². The lowest BCUT2D eigenvalue weighted by Gasteiger charge is -2.37. The molecule has 1 saturated heterocycles. The quantitative estimate of drug-likeness (QED) is 0.446. The van der Waals surface area contributed by atoms with Crippen LogP contribution < -0.4 is 9.47 Å². The van der Waals surface area contributed by atoms with Crippen LogP contribution in [0.4, 0.5) is 4.39 Å². The third-order valence-corrected chi connectivity index (χ3v) is 7.63. The van der Waals surface area contributed by atoms with Gasteiger partial charge in [0, 0.05) is 18.6 Å². The first-order valence-corrected chi connectivity index (χ1v) is 12.5. The number of aliphatic carboxylic acids is 1. The topological polar surface area (TPSA) is 102 Å². The van der Waals surface area contributed by atoms with Crippen LogP contribution >= 0.6 is 0 Å². The molecule has 2 aliphatic rings. The fourth-order valence-corrected chi connectivity index (χ4v) is 5.92. The summed E-state index contributed by atoms with van der Waals surface area (Å²) in [6.45, 7) is 2.91. The third kappa shape index (κ3) is 4.42. The van der Waals surface area contributed by atoms with Crippen LogP contribution in [0.3, 0.4) is 0 Å². The van der Waals surface area contributed by atoms with Crippen LogP contribution in [-0.2, 0) is 14.3 Å². The van der Waals surface area contributed by atoms with Gasteiger partial charge < -0.3 is 24.2 Å². The molecule has 39 heavy (non-hydrogen) atoms. The van der Waals surface area contributed by atoms with Crippen molar-refractivity contribution in [2.45, 2.75) is 31.3 Å². The Kier molecular flexibility index (Phi) is 6.86. The molecule has 2 heterocycles. The zero-order valence-corrected chi connectivity index (χ0v) is 21.7. The molecule has 2 aliphatic heterocycles. The number of amides is 1. The molecule has 0 spiro atoms. The van der Waals surface area contributed by atoms with E-state index in [1.54, 1.807) is 36.4 Å². The summed E-state index contributed by atoms with van der Waals surface area (Å²) in [6, 6.07) is 16.4. The van der Waals surface area contributed by atoms with Crippen LogP contribution in [0.5, 0.6) is 11.5 Å². The summed E-state index contributed by atoms with van der Waals surface area (Å²) in [4.78, 5) is 42.5. The number of nitrogens with zero attached hydrogens (tertiary/aromatic N) is 1. The predicted octanol–water partition coefficient (Wildman–Crippen LogP) is 4.52. The van der Waals surface area contributed by atoms with Crippen molar-refractivity contribution in [3.05, 3.63) is 94.8 Å². The fraction of sp³-hybridized carbons (Fsp3) is 0.300. The van der Waals surface area contributed by atoms with Gasteiger partial charge in [-0.3, -0.25) is 9.59 Å². The fourth-order valence-electron chi connectivity index (χ4n) is 5.92. The number of carboxylic acids is 1. The second-order valence-electron chi connectivity index (χ2n) is 10.00. The van der Waals surface area contributed by atoms with Crippen LogP contribution in [0.15, 0.2) is 66.7 Å². The number of carbonyl (C=O) groups excluding carboxylic acids is 2.